The van der Waals surface area contributed by atoms with Crippen LogP contribution >= 0.6 is 0 Å². The Morgan fingerprint density at radius 2 is 1.25 bits per heavy atom. The Labute approximate surface area is 130 Å². The molecule has 0 heteroatoms. The van der Waals surface area contributed by atoms with Crippen molar-refractivity contribution in [1.29, 1.82) is 0 Å². The van der Waals surface area contributed by atoms with Crippen LogP contribution in [0.4, 0.5) is 0 Å². The molecule has 0 radical (unpaired) electrons. The van der Waals surface area contributed by atoms with Gasteiger partial charge < -0.3 is 0 Å². The quantitative estimate of drug-likeness (QED) is 0.470. The molecule has 20 heavy (non-hydrogen) atoms. The summed E-state index contributed by atoms with van der Waals surface area (Å²) in [5.74, 6) is 3.92. The van der Waals surface area contributed by atoms with Crippen LogP contribution in [-0.4, -0.2) is 0 Å². The number of hydrogen-bond donors (Lipinski definition) is 0. The lowest BCUT2D eigenvalue weighted by atomic mass is 9.53. The van der Waals surface area contributed by atoms with Crippen molar-refractivity contribution in [3.8, 4) is 0 Å². The van der Waals surface area contributed by atoms with Crippen LogP contribution < -0.4 is 0 Å². The highest BCUT2D eigenvalue weighted by atomic mass is 14.5. The van der Waals surface area contributed by atoms with Gasteiger partial charge in [0.05, 0.1) is 0 Å². The summed E-state index contributed by atoms with van der Waals surface area (Å²) >= 11 is 0. The first-order chi connectivity index (χ1) is 8.85. The minimum Gasteiger partial charge on any atom is -0.0651 e. The van der Waals surface area contributed by atoms with Crippen molar-refractivity contribution >= 4 is 0 Å². The summed E-state index contributed by atoms with van der Waals surface area (Å²) in [6, 6.07) is 0. The van der Waals surface area contributed by atoms with Crippen LogP contribution in [0.3, 0.4) is 0 Å². The van der Waals surface area contributed by atoms with E-state index < -0.39 is 0 Å². The van der Waals surface area contributed by atoms with Crippen LogP contribution in [-0.2, 0) is 0 Å². The maximum atomic E-state index is 2.54. The van der Waals surface area contributed by atoms with Crippen molar-refractivity contribution in [1.82, 2.24) is 0 Å². The predicted molar refractivity (Wildman–Crippen MR) is 94.0 cm³/mol. The normalized spacial score (nSPS) is 18.4. The summed E-state index contributed by atoms with van der Waals surface area (Å²) in [5, 5.41) is 0. The van der Waals surface area contributed by atoms with Gasteiger partial charge in [-0.05, 0) is 46.8 Å². The number of hydrogen-bond acceptors (Lipinski definition) is 0. The van der Waals surface area contributed by atoms with Crippen LogP contribution in [0.25, 0.3) is 0 Å². The van der Waals surface area contributed by atoms with E-state index >= 15 is 0 Å². The van der Waals surface area contributed by atoms with Crippen LogP contribution in [0.1, 0.15) is 89.0 Å². The highest BCUT2D eigenvalue weighted by Crippen LogP contribution is 2.52. The fourth-order valence-electron chi connectivity index (χ4n) is 5.27. The molecule has 0 spiro atoms. The zero-order chi connectivity index (χ0) is 16.3. The van der Waals surface area contributed by atoms with E-state index in [1.54, 1.807) is 0 Å². The summed E-state index contributed by atoms with van der Waals surface area (Å²) in [5.41, 5.74) is 0.770. The van der Waals surface area contributed by atoms with Crippen LogP contribution in [0, 0.1) is 40.4 Å². The molecular formula is C20H42. The first kappa shape index (κ1) is 20.0. The average Bonchev–Trinajstić information content (AvgIpc) is 2.20. The average molecular weight is 283 g/mol. The van der Waals surface area contributed by atoms with Gasteiger partial charge in [-0.15, -0.1) is 0 Å². The van der Waals surface area contributed by atoms with Crippen LogP contribution in [0.5, 0.6) is 0 Å². The van der Waals surface area contributed by atoms with E-state index in [2.05, 4.69) is 76.2 Å². The maximum absolute atomic E-state index is 2.54. The van der Waals surface area contributed by atoms with Crippen LogP contribution in [0.2, 0.25) is 0 Å². The summed E-state index contributed by atoms with van der Waals surface area (Å²) in [6.07, 6.45) is 2.66. The zero-order valence-corrected chi connectivity index (χ0v) is 16.3. The molecule has 0 aromatic carbocycles. The Balaban J connectivity index is 5.57. The molecule has 0 N–H and O–H groups in total. The van der Waals surface area contributed by atoms with Gasteiger partial charge in [-0.1, -0.05) is 82.6 Å². The monoisotopic (exact) mass is 282 g/mol. The molecule has 0 aliphatic heterocycles. The smallest absolute Gasteiger partial charge is 0.0288 e. The molecule has 0 fully saturated rings. The highest BCUT2D eigenvalue weighted by molar-refractivity contribution is 4.94. The SMILES string of the molecule is CCC(C)C(CC(C)C)C(C)(C)C(C(C)C)C(C)(C)C. The largest absolute Gasteiger partial charge is 0.0651 e. The van der Waals surface area contributed by atoms with Crippen molar-refractivity contribution < 1.29 is 0 Å². The highest BCUT2D eigenvalue weighted by Gasteiger charge is 2.45. The third kappa shape index (κ3) is 5.08. The lowest BCUT2D eigenvalue weighted by molar-refractivity contribution is -0.0297. The van der Waals surface area contributed by atoms with E-state index in [1.807, 2.05) is 0 Å². The molecule has 0 amide bonds. The third-order valence-electron chi connectivity index (χ3n) is 5.41. The zero-order valence-electron chi connectivity index (χ0n) is 16.3. The van der Waals surface area contributed by atoms with E-state index in [4.69, 9.17) is 0 Å². The molecule has 0 aliphatic carbocycles. The Morgan fingerprint density at radius 3 is 1.50 bits per heavy atom. The van der Waals surface area contributed by atoms with Crippen molar-refractivity contribution in [2.75, 3.05) is 0 Å². The summed E-state index contributed by atoms with van der Waals surface area (Å²) < 4.78 is 0. The predicted octanol–water partition coefficient (Wildman–Crippen LogP) is 7.04. The van der Waals surface area contributed by atoms with Gasteiger partial charge in [-0.3, -0.25) is 0 Å². The van der Waals surface area contributed by atoms with Gasteiger partial charge in [0.2, 0.25) is 0 Å². The van der Waals surface area contributed by atoms with Crippen LogP contribution in [0.15, 0.2) is 0 Å². The standard InChI is InChI=1S/C20H42/c1-12-16(6)17(13-14(2)3)20(10,11)18(15(4)5)19(7,8)9/h14-18H,12-13H2,1-11H3. The van der Waals surface area contributed by atoms with Gasteiger partial charge >= 0.3 is 0 Å². The summed E-state index contributed by atoms with van der Waals surface area (Å²) in [7, 11) is 0. The fourth-order valence-corrected chi connectivity index (χ4v) is 5.27. The molecule has 0 rings (SSSR count). The van der Waals surface area contributed by atoms with E-state index in [0.29, 0.717) is 10.8 Å². The van der Waals surface area contributed by atoms with Crippen molar-refractivity contribution in [3.63, 3.8) is 0 Å². The summed E-state index contributed by atoms with van der Waals surface area (Å²) in [6.45, 7) is 26.8. The topological polar surface area (TPSA) is 0 Å². The second-order valence-corrected chi connectivity index (χ2v) is 9.53. The van der Waals surface area contributed by atoms with Gasteiger partial charge in [-0.25, -0.2) is 0 Å². The fraction of sp³-hybridized carbons (Fsp3) is 1.00. The second kappa shape index (κ2) is 7.32. The van der Waals surface area contributed by atoms with Crippen molar-refractivity contribution in [3.05, 3.63) is 0 Å². The Kier molecular flexibility index (Phi) is 7.32. The third-order valence-corrected chi connectivity index (χ3v) is 5.41. The van der Waals surface area contributed by atoms with Crippen molar-refractivity contribution in [2.24, 2.45) is 40.4 Å². The lowest BCUT2D eigenvalue weighted by Gasteiger charge is -2.52. The Morgan fingerprint density at radius 1 is 0.800 bits per heavy atom. The molecule has 0 nitrogen and oxygen atoms in total. The lowest BCUT2D eigenvalue weighted by Crippen LogP contribution is -2.45. The van der Waals surface area contributed by atoms with Gasteiger partial charge in [0.1, 0.15) is 0 Å². The molecule has 0 aromatic heterocycles. The van der Waals surface area contributed by atoms with Gasteiger partial charge in [-0.2, -0.15) is 0 Å². The van der Waals surface area contributed by atoms with Gasteiger partial charge in [0.25, 0.3) is 0 Å². The number of rotatable bonds is 7. The second-order valence-electron chi connectivity index (χ2n) is 9.53. The Hall–Kier alpha value is 0. The van der Waals surface area contributed by atoms with E-state index in [-0.39, 0.29) is 0 Å². The molecule has 122 valence electrons. The van der Waals surface area contributed by atoms with E-state index in [1.165, 1.54) is 12.8 Å². The molecule has 0 heterocycles. The van der Waals surface area contributed by atoms with Gasteiger partial charge in [0, 0.05) is 0 Å². The first-order valence-corrected chi connectivity index (χ1v) is 8.85. The van der Waals surface area contributed by atoms with Gasteiger partial charge in [0.15, 0.2) is 0 Å². The molecule has 3 atom stereocenters. The molecule has 0 bridgehead atoms. The maximum Gasteiger partial charge on any atom is -0.0288 e. The Bertz CT molecular complexity index is 264. The molecule has 0 saturated carbocycles. The minimum atomic E-state index is 0.375. The molecule has 0 aliphatic rings. The summed E-state index contributed by atoms with van der Waals surface area (Å²) in [4.78, 5) is 0. The van der Waals surface area contributed by atoms with E-state index in [0.717, 1.165) is 29.6 Å². The molecular weight excluding hydrogens is 240 g/mol. The molecule has 0 aromatic rings. The molecule has 3 unspecified atom stereocenters. The van der Waals surface area contributed by atoms with Crippen molar-refractivity contribution in [2.45, 2.75) is 89.0 Å². The molecule has 0 saturated heterocycles. The first-order valence-electron chi connectivity index (χ1n) is 8.85. The van der Waals surface area contributed by atoms with E-state index in [9.17, 15) is 0 Å². The minimum absolute atomic E-state index is 0.375.